The van der Waals surface area contributed by atoms with E-state index in [4.69, 9.17) is 14.2 Å². The number of carbonyl (C=O) groups is 2. The van der Waals surface area contributed by atoms with Crippen molar-refractivity contribution in [3.63, 3.8) is 0 Å². The third-order valence-corrected chi connectivity index (χ3v) is 4.21. The van der Waals surface area contributed by atoms with Crippen molar-refractivity contribution in [1.29, 1.82) is 0 Å². The number of benzene rings is 2. The van der Waals surface area contributed by atoms with Gasteiger partial charge in [-0.25, -0.2) is 4.79 Å². The second-order valence-corrected chi connectivity index (χ2v) is 5.98. The molecule has 0 radical (unpaired) electrons. The molecule has 0 atom stereocenters. The van der Waals surface area contributed by atoms with E-state index in [0.29, 0.717) is 23.7 Å². The predicted octanol–water partition coefficient (Wildman–Crippen LogP) is 3.73. The zero-order chi connectivity index (χ0) is 18.8. The highest BCUT2D eigenvalue weighted by atomic mass is 16.6. The van der Waals surface area contributed by atoms with E-state index in [2.05, 4.69) is 4.98 Å². The quantitative estimate of drug-likeness (QED) is 0.552. The van der Waals surface area contributed by atoms with Crippen LogP contribution in [0.25, 0.3) is 17.0 Å². The van der Waals surface area contributed by atoms with E-state index >= 15 is 0 Å². The number of aromatic nitrogens is 1. The van der Waals surface area contributed by atoms with Crippen LogP contribution in [-0.4, -0.2) is 30.0 Å². The van der Waals surface area contributed by atoms with Gasteiger partial charge in [-0.15, -0.1) is 0 Å². The van der Waals surface area contributed by atoms with Crippen molar-refractivity contribution in [2.45, 2.75) is 6.92 Å². The van der Waals surface area contributed by atoms with Crippen molar-refractivity contribution in [3.05, 3.63) is 65.5 Å². The van der Waals surface area contributed by atoms with Crippen molar-refractivity contribution in [3.8, 4) is 11.5 Å². The van der Waals surface area contributed by atoms with Gasteiger partial charge in [0.2, 0.25) is 5.78 Å². The van der Waals surface area contributed by atoms with Gasteiger partial charge in [-0.3, -0.25) is 4.79 Å². The van der Waals surface area contributed by atoms with E-state index < -0.39 is 5.97 Å². The van der Waals surface area contributed by atoms with Crippen molar-refractivity contribution in [1.82, 2.24) is 4.98 Å². The average molecular weight is 363 g/mol. The molecule has 0 saturated carbocycles. The number of fused-ring (bicyclic) bond motifs is 2. The summed E-state index contributed by atoms with van der Waals surface area (Å²) in [6.45, 7) is 1.83. The summed E-state index contributed by atoms with van der Waals surface area (Å²) in [5.74, 6) is 0.454. The largest absolute Gasteiger partial charge is 0.482 e. The molecule has 1 aliphatic heterocycles. The number of para-hydroxylation sites is 1. The first-order valence-electron chi connectivity index (χ1n) is 8.58. The molecule has 0 aliphatic carbocycles. The molecule has 0 bridgehead atoms. The number of hydrogen-bond donors (Lipinski definition) is 1. The summed E-state index contributed by atoms with van der Waals surface area (Å²) in [6.07, 6.45) is 3.56. The molecule has 1 N–H and O–H groups in total. The molecule has 0 unspecified atom stereocenters. The lowest BCUT2D eigenvalue weighted by Crippen LogP contribution is -2.14. The summed E-state index contributed by atoms with van der Waals surface area (Å²) in [7, 11) is 0. The first-order chi connectivity index (χ1) is 13.2. The number of H-pyrrole nitrogens is 1. The lowest BCUT2D eigenvalue weighted by Gasteiger charge is -2.06. The predicted molar refractivity (Wildman–Crippen MR) is 99.8 cm³/mol. The van der Waals surface area contributed by atoms with Crippen LogP contribution in [0.2, 0.25) is 0 Å². The van der Waals surface area contributed by atoms with E-state index in [1.165, 1.54) is 0 Å². The number of aromatic amines is 1. The minimum absolute atomic E-state index is 0.188. The molecule has 2 aromatic carbocycles. The Morgan fingerprint density at radius 2 is 2.07 bits per heavy atom. The minimum atomic E-state index is -0.449. The van der Waals surface area contributed by atoms with Crippen molar-refractivity contribution < 1.29 is 23.8 Å². The van der Waals surface area contributed by atoms with Gasteiger partial charge in [0.1, 0.15) is 11.5 Å². The van der Waals surface area contributed by atoms with Gasteiger partial charge in [-0.05, 0) is 31.2 Å². The van der Waals surface area contributed by atoms with Crippen molar-refractivity contribution in [2.24, 2.45) is 0 Å². The summed E-state index contributed by atoms with van der Waals surface area (Å²) in [6, 6.07) is 12.7. The van der Waals surface area contributed by atoms with Crippen LogP contribution in [0.1, 0.15) is 22.8 Å². The Bertz CT molecular complexity index is 1060. The van der Waals surface area contributed by atoms with E-state index in [1.54, 1.807) is 31.2 Å². The third kappa shape index (κ3) is 3.29. The lowest BCUT2D eigenvalue weighted by atomic mass is 10.1. The molecule has 6 nitrogen and oxygen atoms in total. The van der Waals surface area contributed by atoms with Gasteiger partial charge in [0, 0.05) is 28.7 Å². The van der Waals surface area contributed by atoms with E-state index in [9.17, 15) is 9.59 Å². The number of Topliss-reactive ketones (excluding diaryl/α,β-unsaturated/α-hetero) is 1. The molecule has 0 spiro atoms. The Kier molecular flexibility index (Phi) is 4.38. The number of nitrogens with one attached hydrogen (secondary N) is 1. The normalized spacial score (nSPS) is 14.3. The maximum Gasteiger partial charge on any atom is 0.344 e. The van der Waals surface area contributed by atoms with Gasteiger partial charge >= 0.3 is 5.97 Å². The highest BCUT2D eigenvalue weighted by Crippen LogP contribution is 2.35. The lowest BCUT2D eigenvalue weighted by molar-refractivity contribution is -0.145. The highest BCUT2D eigenvalue weighted by Gasteiger charge is 2.28. The Balaban J connectivity index is 1.56. The summed E-state index contributed by atoms with van der Waals surface area (Å²) in [5.41, 5.74) is 2.33. The van der Waals surface area contributed by atoms with Crippen LogP contribution in [-0.2, 0) is 9.53 Å². The molecule has 136 valence electrons. The second-order valence-electron chi connectivity index (χ2n) is 5.98. The number of rotatable bonds is 5. The highest BCUT2D eigenvalue weighted by molar-refractivity contribution is 6.15. The Morgan fingerprint density at radius 3 is 2.93 bits per heavy atom. The summed E-state index contributed by atoms with van der Waals surface area (Å²) in [4.78, 5) is 27.2. The molecule has 4 rings (SSSR count). The van der Waals surface area contributed by atoms with Gasteiger partial charge in [-0.2, -0.15) is 0 Å². The van der Waals surface area contributed by atoms with Crippen molar-refractivity contribution in [2.75, 3.05) is 13.2 Å². The number of hydrogen-bond acceptors (Lipinski definition) is 5. The number of ketones is 1. The molecule has 27 heavy (non-hydrogen) atoms. The third-order valence-electron chi connectivity index (χ3n) is 4.21. The summed E-state index contributed by atoms with van der Waals surface area (Å²) < 4.78 is 16.0. The maximum absolute atomic E-state index is 12.6. The molecule has 0 amide bonds. The van der Waals surface area contributed by atoms with Gasteiger partial charge in [0.15, 0.2) is 12.4 Å². The van der Waals surface area contributed by atoms with Gasteiger partial charge in [-0.1, -0.05) is 18.2 Å². The van der Waals surface area contributed by atoms with E-state index in [-0.39, 0.29) is 18.1 Å². The van der Waals surface area contributed by atoms with Crippen molar-refractivity contribution >= 4 is 28.7 Å². The molecule has 1 aliphatic rings. The van der Waals surface area contributed by atoms with Crippen LogP contribution in [0.5, 0.6) is 11.5 Å². The fourth-order valence-corrected chi connectivity index (χ4v) is 2.96. The van der Waals surface area contributed by atoms with Crippen LogP contribution in [0.4, 0.5) is 0 Å². The maximum atomic E-state index is 12.6. The zero-order valence-corrected chi connectivity index (χ0v) is 14.7. The molecule has 1 aromatic heterocycles. The van der Waals surface area contributed by atoms with E-state index in [0.717, 1.165) is 16.5 Å². The molecule has 0 fully saturated rings. The Labute approximate surface area is 155 Å². The zero-order valence-electron chi connectivity index (χ0n) is 14.7. The van der Waals surface area contributed by atoms with Gasteiger partial charge in [0.05, 0.1) is 12.2 Å². The fourth-order valence-electron chi connectivity index (χ4n) is 2.96. The smallest absolute Gasteiger partial charge is 0.344 e. The van der Waals surface area contributed by atoms with Gasteiger partial charge in [0.25, 0.3) is 0 Å². The first kappa shape index (κ1) is 16.9. The van der Waals surface area contributed by atoms with E-state index in [1.807, 2.05) is 30.5 Å². The van der Waals surface area contributed by atoms with Crippen LogP contribution in [0.3, 0.4) is 0 Å². The second kappa shape index (κ2) is 6.99. The Morgan fingerprint density at radius 1 is 1.22 bits per heavy atom. The topological polar surface area (TPSA) is 77.6 Å². The van der Waals surface area contributed by atoms with Crippen LogP contribution in [0.15, 0.2) is 54.4 Å². The fraction of sp³-hybridized carbons (Fsp3) is 0.143. The average Bonchev–Trinajstić information content (AvgIpc) is 3.22. The van der Waals surface area contributed by atoms with Crippen LogP contribution < -0.4 is 9.47 Å². The number of ether oxygens (including phenoxy) is 3. The van der Waals surface area contributed by atoms with Gasteiger partial charge < -0.3 is 19.2 Å². The molecular formula is C21H17NO5. The SMILES string of the molecule is CCOC(=O)COc1ccc2c(c1)OC(=Cc1c[nH]c3ccccc13)C2=O. The molecule has 0 saturated heterocycles. The standard InChI is InChI=1S/C21H17NO5/c1-2-25-20(23)12-26-14-7-8-16-18(10-14)27-19(21(16)24)9-13-11-22-17-6-4-3-5-15(13)17/h3-11,22H,2,12H2,1H3. The molecule has 2 heterocycles. The number of esters is 1. The molecule has 3 aromatic rings. The summed E-state index contributed by atoms with van der Waals surface area (Å²) >= 11 is 0. The van der Waals surface area contributed by atoms with Crippen LogP contribution >= 0.6 is 0 Å². The Hall–Kier alpha value is -3.54. The minimum Gasteiger partial charge on any atom is -0.482 e. The molecule has 6 heteroatoms. The number of allylic oxidation sites excluding steroid dienone is 1. The molecular weight excluding hydrogens is 346 g/mol. The monoisotopic (exact) mass is 363 g/mol. The first-order valence-corrected chi connectivity index (χ1v) is 8.58. The van der Waals surface area contributed by atoms with Crippen LogP contribution in [0, 0.1) is 0 Å². The number of carbonyl (C=O) groups excluding carboxylic acids is 2. The summed E-state index contributed by atoms with van der Waals surface area (Å²) in [5, 5.41) is 1.01.